The molecule has 1 aromatic carbocycles. The Morgan fingerprint density at radius 1 is 1.00 bits per heavy atom. The van der Waals surface area contributed by atoms with E-state index in [2.05, 4.69) is 55.7 Å². The lowest BCUT2D eigenvalue weighted by molar-refractivity contribution is -0.881. The Labute approximate surface area is 152 Å². The van der Waals surface area contributed by atoms with Crippen LogP contribution >= 0.6 is 0 Å². The summed E-state index contributed by atoms with van der Waals surface area (Å²) < 4.78 is 0. The van der Waals surface area contributed by atoms with Crippen molar-refractivity contribution in [1.82, 2.24) is 10.6 Å². The number of rotatable bonds is 10. The van der Waals surface area contributed by atoms with Gasteiger partial charge in [-0.15, -0.1) is 0 Å². The number of carbonyl (C=O) groups excluding carboxylic acids is 2. The van der Waals surface area contributed by atoms with E-state index in [0.29, 0.717) is 25.6 Å². The van der Waals surface area contributed by atoms with Crippen LogP contribution in [0.2, 0.25) is 0 Å². The van der Waals surface area contributed by atoms with Crippen molar-refractivity contribution in [2.24, 2.45) is 5.92 Å². The zero-order valence-corrected chi connectivity index (χ0v) is 16.3. The normalized spacial score (nSPS) is 13.4. The minimum Gasteiger partial charge on any atom is -0.351 e. The summed E-state index contributed by atoms with van der Waals surface area (Å²) in [4.78, 5) is 25.2. The van der Waals surface area contributed by atoms with Gasteiger partial charge in [0.1, 0.15) is 0 Å². The lowest BCUT2D eigenvalue weighted by atomic mass is 9.95. The SMILES string of the molecule is CCNC(=O)C[NH+](CC)CC(=O)N[C@@H](c1ccc(CC)cc1)C(C)C. The Hall–Kier alpha value is -1.88. The molecule has 3 N–H and O–H groups in total. The molecule has 0 aliphatic heterocycles. The van der Waals surface area contributed by atoms with Gasteiger partial charge in [0.05, 0.1) is 12.6 Å². The van der Waals surface area contributed by atoms with E-state index in [1.54, 1.807) is 0 Å². The van der Waals surface area contributed by atoms with Crippen molar-refractivity contribution >= 4 is 11.8 Å². The average molecular weight is 349 g/mol. The highest BCUT2D eigenvalue weighted by Gasteiger charge is 2.22. The number of carbonyl (C=O) groups is 2. The topological polar surface area (TPSA) is 62.6 Å². The van der Waals surface area contributed by atoms with E-state index in [9.17, 15) is 9.59 Å². The van der Waals surface area contributed by atoms with E-state index < -0.39 is 0 Å². The zero-order chi connectivity index (χ0) is 18.8. The second-order valence-electron chi connectivity index (χ2n) is 6.79. The van der Waals surface area contributed by atoms with Crippen LogP contribution in [0, 0.1) is 5.92 Å². The summed E-state index contributed by atoms with van der Waals surface area (Å²) in [5, 5.41) is 5.94. The average Bonchev–Trinajstić information content (AvgIpc) is 2.59. The van der Waals surface area contributed by atoms with E-state index >= 15 is 0 Å². The van der Waals surface area contributed by atoms with Crippen LogP contribution in [0.5, 0.6) is 0 Å². The van der Waals surface area contributed by atoms with Crippen LogP contribution in [-0.4, -0.2) is 38.0 Å². The van der Waals surface area contributed by atoms with E-state index in [1.165, 1.54) is 5.56 Å². The quantitative estimate of drug-likeness (QED) is 0.593. The number of aryl methyl sites for hydroxylation is 1. The van der Waals surface area contributed by atoms with Gasteiger partial charge in [0.2, 0.25) is 0 Å². The molecule has 5 nitrogen and oxygen atoms in total. The lowest BCUT2D eigenvalue weighted by Gasteiger charge is -2.24. The first-order valence-electron chi connectivity index (χ1n) is 9.39. The molecule has 0 bridgehead atoms. The first kappa shape index (κ1) is 21.2. The molecule has 0 heterocycles. The van der Waals surface area contributed by atoms with Crippen LogP contribution in [0.1, 0.15) is 51.8 Å². The molecule has 0 fully saturated rings. The van der Waals surface area contributed by atoms with Crippen LogP contribution in [-0.2, 0) is 16.0 Å². The summed E-state index contributed by atoms with van der Waals surface area (Å²) >= 11 is 0. The van der Waals surface area contributed by atoms with Gasteiger partial charge in [-0.3, -0.25) is 9.59 Å². The molecule has 2 atom stereocenters. The molecule has 0 saturated heterocycles. The number of benzene rings is 1. The Morgan fingerprint density at radius 3 is 2.08 bits per heavy atom. The molecule has 140 valence electrons. The highest BCUT2D eigenvalue weighted by molar-refractivity contribution is 5.79. The maximum atomic E-state index is 12.5. The summed E-state index contributed by atoms with van der Waals surface area (Å²) in [6, 6.07) is 8.43. The maximum absolute atomic E-state index is 12.5. The molecular formula is C20H34N3O2+. The third-order valence-corrected chi connectivity index (χ3v) is 4.43. The van der Waals surface area contributed by atoms with Crippen molar-refractivity contribution in [2.75, 3.05) is 26.2 Å². The summed E-state index contributed by atoms with van der Waals surface area (Å²) in [5.74, 6) is 0.270. The number of hydrogen-bond acceptors (Lipinski definition) is 2. The summed E-state index contributed by atoms with van der Waals surface area (Å²) in [7, 11) is 0. The van der Waals surface area contributed by atoms with Gasteiger partial charge in [-0.1, -0.05) is 45.0 Å². The molecule has 0 saturated carbocycles. The number of amides is 2. The Bertz CT molecular complexity index is 540. The lowest BCUT2D eigenvalue weighted by Crippen LogP contribution is -3.14. The van der Waals surface area contributed by atoms with Crippen LogP contribution in [0.15, 0.2) is 24.3 Å². The van der Waals surface area contributed by atoms with E-state index in [-0.39, 0.29) is 17.9 Å². The first-order valence-corrected chi connectivity index (χ1v) is 9.39. The van der Waals surface area contributed by atoms with Crippen LogP contribution in [0.3, 0.4) is 0 Å². The van der Waals surface area contributed by atoms with Gasteiger partial charge in [0, 0.05) is 6.54 Å². The highest BCUT2D eigenvalue weighted by atomic mass is 16.2. The minimum absolute atomic E-state index is 0.0114. The predicted octanol–water partition coefficient (Wildman–Crippen LogP) is 1.10. The number of hydrogen-bond donors (Lipinski definition) is 3. The molecule has 2 amide bonds. The molecule has 1 unspecified atom stereocenters. The Balaban J connectivity index is 2.70. The van der Waals surface area contributed by atoms with E-state index in [4.69, 9.17) is 0 Å². The molecule has 0 spiro atoms. The van der Waals surface area contributed by atoms with Gasteiger partial charge in [0.15, 0.2) is 13.1 Å². The fraction of sp³-hybridized carbons (Fsp3) is 0.600. The van der Waals surface area contributed by atoms with Crippen molar-refractivity contribution < 1.29 is 14.5 Å². The summed E-state index contributed by atoms with van der Waals surface area (Å²) in [6.45, 7) is 12.2. The predicted molar refractivity (Wildman–Crippen MR) is 101 cm³/mol. The standard InChI is InChI=1S/C20H33N3O2/c1-6-16-9-11-17(12-10-16)20(15(4)5)22-19(25)14-23(8-3)13-18(24)21-7-2/h9-12,15,20H,6-8,13-14H2,1-5H3,(H,21,24)(H,22,25)/p+1/t20-/m1/s1. The maximum Gasteiger partial charge on any atom is 0.275 e. The molecule has 1 rings (SSSR count). The van der Waals surface area contributed by atoms with Crippen molar-refractivity contribution in [3.63, 3.8) is 0 Å². The summed E-state index contributed by atoms with van der Waals surface area (Å²) in [6.07, 6.45) is 1.01. The second kappa shape index (κ2) is 10.9. The van der Waals surface area contributed by atoms with Gasteiger partial charge < -0.3 is 15.5 Å². The van der Waals surface area contributed by atoms with E-state index in [1.807, 2.05) is 13.8 Å². The largest absolute Gasteiger partial charge is 0.351 e. The fourth-order valence-electron chi connectivity index (χ4n) is 2.85. The van der Waals surface area contributed by atoms with Gasteiger partial charge in [-0.2, -0.15) is 0 Å². The molecule has 1 aromatic rings. The van der Waals surface area contributed by atoms with Crippen LogP contribution < -0.4 is 15.5 Å². The molecule has 5 heteroatoms. The monoisotopic (exact) mass is 348 g/mol. The Morgan fingerprint density at radius 2 is 1.60 bits per heavy atom. The van der Waals surface area contributed by atoms with Crippen LogP contribution in [0.25, 0.3) is 0 Å². The molecule has 0 aliphatic rings. The third kappa shape index (κ3) is 7.26. The molecular weight excluding hydrogens is 314 g/mol. The number of quaternary nitrogens is 1. The van der Waals surface area contributed by atoms with Crippen molar-refractivity contribution in [3.8, 4) is 0 Å². The smallest absolute Gasteiger partial charge is 0.275 e. The first-order chi connectivity index (χ1) is 11.9. The molecule has 0 aliphatic carbocycles. The minimum atomic E-state index is -0.0144. The second-order valence-corrected chi connectivity index (χ2v) is 6.79. The molecule has 0 radical (unpaired) electrons. The highest BCUT2D eigenvalue weighted by Crippen LogP contribution is 2.22. The van der Waals surface area contributed by atoms with Gasteiger partial charge in [-0.05, 0) is 37.3 Å². The number of nitrogens with one attached hydrogen (secondary N) is 3. The molecule has 25 heavy (non-hydrogen) atoms. The van der Waals surface area contributed by atoms with E-state index in [0.717, 1.165) is 23.4 Å². The molecule has 0 aromatic heterocycles. The third-order valence-electron chi connectivity index (χ3n) is 4.43. The Kier molecular flexibility index (Phi) is 9.21. The van der Waals surface area contributed by atoms with Gasteiger partial charge in [0.25, 0.3) is 11.8 Å². The van der Waals surface area contributed by atoms with Crippen molar-refractivity contribution in [1.29, 1.82) is 0 Å². The van der Waals surface area contributed by atoms with Gasteiger partial charge in [-0.25, -0.2) is 0 Å². The summed E-state index contributed by atoms with van der Waals surface area (Å²) in [5.41, 5.74) is 2.42. The van der Waals surface area contributed by atoms with Gasteiger partial charge >= 0.3 is 0 Å². The van der Waals surface area contributed by atoms with Crippen LogP contribution in [0.4, 0.5) is 0 Å². The fourth-order valence-corrected chi connectivity index (χ4v) is 2.85. The zero-order valence-electron chi connectivity index (χ0n) is 16.3. The van der Waals surface area contributed by atoms with Crippen molar-refractivity contribution in [2.45, 2.75) is 47.1 Å². The van der Waals surface area contributed by atoms with Crippen molar-refractivity contribution in [3.05, 3.63) is 35.4 Å². The number of likely N-dealkylation sites (N-methyl/N-ethyl adjacent to an activating group) is 2.